The molecular weight excluding hydrogens is 402 g/mol. The van der Waals surface area contributed by atoms with Crippen molar-refractivity contribution in [2.45, 2.75) is 25.7 Å². The van der Waals surface area contributed by atoms with Crippen LogP contribution in [-0.2, 0) is 12.8 Å². The van der Waals surface area contributed by atoms with Gasteiger partial charge >= 0.3 is 0 Å². The van der Waals surface area contributed by atoms with Gasteiger partial charge in [0.25, 0.3) is 5.91 Å². The highest BCUT2D eigenvalue weighted by molar-refractivity contribution is 6.08. The molecule has 0 bridgehead atoms. The van der Waals surface area contributed by atoms with Crippen molar-refractivity contribution in [1.29, 1.82) is 0 Å². The first kappa shape index (κ1) is 22.1. The third-order valence-electron chi connectivity index (χ3n) is 6.07. The molecule has 6 nitrogen and oxygen atoms in total. The van der Waals surface area contributed by atoms with Crippen LogP contribution in [0.15, 0.2) is 36.4 Å². The number of carbonyl (C=O) groups excluding carboxylic acids is 1. The predicted molar refractivity (Wildman–Crippen MR) is 128 cm³/mol. The quantitative estimate of drug-likeness (QED) is 0.608. The molecule has 1 N–H and O–H groups in total. The third-order valence-corrected chi connectivity index (χ3v) is 6.07. The van der Waals surface area contributed by atoms with Crippen LogP contribution in [-0.4, -0.2) is 57.2 Å². The van der Waals surface area contributed by atoms with E-state index in [1.807, 2.05) is 38.4 Å². The number of nitrogens with zero attached hydrogens (tertiary/aromatic N) is 2. The zero-order chi connectivity index (χ0) is 22.7. The molecule has 0 atom stereocenters. The van der Waals surface area contributed by atoms with E-state index in [-0.39, 0.29) is 5.91 Å². The Kier molecular flexibility index (Phi) is 6.61. The van der Waals surface area contributed by atoms with Crippen molar-refractivity contribution in [2.24, 2.45) is 0 Å². The molecule has 1 aliphatic carbocycles. The first-order valence-electron chi connectivity index (χ1n) is 11.1. The number of methoxy groups -OCH3 is 2. The van der Waals surface area contributed by atoms with Gasteiger partial charge < -0.3 is 19.7 Å². The van der Waals surface area contributed by atoms with E-state index in [2.05, 4.69) is 22.3 Å². The summed E-state index contributed by atoms with van der Waals surface area (Å²) < 4.78 is 10.9. The Morgan fingerprint density at radius 2 is 1.81 bits per heavy atom. The molecule has 4 rings (SSSR count). The minimum atomic E-state index is -0.0725. The summed E-state index contributed by atoms with van der Waals surface area (Å²) in [4.78, 5) is 20.3. The normalized spacial score (nSPS) is 13.2. The number of pyridine rings is 1. The van der Waals surface area contributed by atoms with Crippen molar-refractivity contribution in [3.63, 3.8) is 0 Å². The number of aryl methyl sites for hydroxylation is 2. The van der Waals surface area contributed by atoms with Gasteiger partial charge in [0.1, 0.15) is 0 Å². The molecule has 0 aliphatic heterocycles. The molecule has 3 aromatic rings. The van der Waals surface area contributed by atoms with Crippen molar-refractivity contribution in [1.82, 2.24) is 15.2 Å². The molecule has 0 saturated carbocycles. The van der Waals surface area contributed by atoms with Crippen LogP contribution in [0.1, 0.15) is 34.3 Å². The summed E-state index contributed by atoms with van der Waals surface area (Å²) in [7, 11) is 7.23. The molecule has 1 heterocycles. The van der Waals surface area contributed by atoms with Gasteiger partial charge in [-0.05, 0) is 75.2 Å². The summed E-state index contributed by atoms with van der Waals surface area (Å²) in [6.45, 7) is 1.37. The van der Waals surface area contributed by atoms with E-state index >= 15 is 0 Å². The van der Waals surface area contributed by atoms with Crippen molar-refractivity contribution in [3.05, 3.63) is 53.1 Å². The zero-order valence-corrected chi connectivity index (χ0v) is 19.3. The molecule has 0 spiro atoms. The van der Waals surface area contributed by atoms with E-state index in [1.54, 1.807) is 14.2 Å². The molecule has 1 amide bonds. The van der Waals surface area contributed by atoms with E-state index in [1.165, 1.54) is 17.5 Å². The Labute approximate surface area is 189 Å². The maximum absolute atomic E-state index is 13.2. The number of fused-ring (bicyclic) bond motifs is 3. The highest BCUT2D eigenvalue weighted by Crippen LogP contribution is 2.35. The molecule has 1 aliphatic rings. The Morgan fingerprint density at radius 3 is 2.56 bits per heavy atom. The lowest BCUT2D eigenvalue weighted by Crippen LogP contribution is -2.31. The monoisotopic (exact) mass is 433 g/mol. The number of aromatic nitrogens is 1. The fourth-order valence-corrected chi connectivity index (χ4v) is 4.34. The lowest BCUT2D eigenvalue weighted by atomic mass is 9.88. The number of ether oxygens (including phenoxy) is 2. The summed E-state index contributed by atoms with van der Waals surface area (Å²) in [5, 5.41) is 3.98. The Bertz CT molecular complexity index is 1140. The number of hydrogen-bond acceptors (Lipinski definition) is 5. The maximum Gasteiger partial charge on any atom is 0.252 e. The molecule has 0 fully saturated rings. The second kappa shape index (κ2) is 9.57. The molecule has 32 heavy (non-hydrogen) atoms. The number of likely N-dealkylation sites (N-methyl/N-ethyl adjacent to an activating group) is 1. The molecular formula is C26H31N3O3. The van der Waals surface area contributed by atoms with Crippen LogP contribution in [0.5, 0.6) is 11.5 Å². The number of carbonyl (C=O) groups is 1. The van der Waals surface area contributed by atoms with E-state index in [4.69, 9.17) is 14.5 Å². The Morgan fingerprint density at radius 1 is 1.03 bits per heavy atom. The van der Waals surface area contributed by atoms with Gasteiger partial charge in [0.05, 0.1) is 31.0 Å². The van der Waals surface area contributed by atoms with E-state index < -0.39 is 0 Å². The molecule has 6 heteroatoms. The number of amides is 1. The van der Waals surface area contributed by atoms with Gasteiger partial charge in [0.2, 0.25) is 0 Å². The fourth-order valence-electron chi connectivity index (χ4n) is 4.34. The lowest BCUT2D eigenvalue weighted by molar-refractivity contribution is 0.0952. The van der Waals surface area contributed by atoms with E-state index in [0.717, 1.165) is 48.0 Å². The number of hydrogen-bond donors (Lipinski definition) is 1. The Balaban J connectivity index is 1.85. The SMILES string of the molecule is COc1ccc(-c2cc(C(=O)NCCN(C)C)c3ccc4c(c3n2)CCCC4)cc1OC. The molecule has 0 saturated heterocycles. The summed E-state index contributed by atoms with van der Waals surface area (Å²) in [5.41, 5.74) is 5.87. The number of benzene rings is 2. The summed E-state index contributed by atoms with van der Waals surface area (Å²) in [6.07, 6.45) is 4.42. The first-order chi connectivity index (χ1) is 15.5. The van der Waals surface area contributed by atoms with E-state index in [9.17, 15) is 4.79 Å². The molecule has 1 aromatic heterocycles. The summed E-state index contributed by atoms with van der Waals surface area (Å²) in [5.74, 6) is 1.23. The highest BCUT2D eigenvalue weighted by Gasteiger charge is 2.20. The summed E-state index contributed by atoms with van der Waals surface area (Å²) in [6, 6.07) is 11.9. The Hall–Kier alpha value is -3.12. The molecule has 168 valence electrons. The number of rotatable bonds is 7. The average Bonchev–Trinajstić information content (AvgIpc) is 2.82. The molecule has 0 radical (unpaired) electrons. The van der Waals surface area contributed by atoms with Crippen molar-refractivity contribution in [2.75, 3.05) is 41.4 Å². The topological polar surface area (TPSA) is 63.7 Å². The van der Waals surface area contributed by atoms with Crippen LogP contribution in [0.25, 0.3) is 22.2 Å². The standard InChI is InChI=1S/C26H31N3O3/c1-29(2)14-13-27-26(30)21-16-22(18-10-12-23(31-3)24(15-18)32-4)28-25-19-8-6-5-7-17(19)9-11-20(21)25/h9-12,15-16H,5-8,13-14H2,1-4H3,(H,27,30). The molecule has 2 aromatic carbocycles. The van der Waals surface area contributed by atoms with Crippen LogP contribution < -0.4 is 14.8 Å². The fraction of sp³-hybridized carbons (Fsp3) is 0.385. The second-order valence-corrected chi connectivity index (χ2v) is 8.49. The van der Waals surface area contributed by atoms with Gasteiger partial charge in [-0.15, -0.1) is 0 Å². The maximum atomic E-state index is 13.2. The van der Waals surface area contributed by atoms with Crippen LogP contribution >= 0.6 is 0 Å². The van der Waals surface area contributed by atoms with Gasteiger partial charge in [-0.2, -0.15) is 0 Å². The van der Waals surface area contributed by atoms with Gasteiger partial charge in [0, 0.05) is 24.0 Å². The second-order valence-electron chi connectivity index (χ2n) is 8.49. The minimum absolute atomic E-state index is 0.0725. The molecule has 0 unspecified atom stereocenters. The van der Waals surface area contributed by atoms with E-state index in [0.29, 0.717) is 23.6 Å². The van der Waals surface area contributed by atoms with Gasteiger partial charge in [-0.1, -0.05) is 12.1 Å². The van der Waals surface area contributed by atoms with Crippen LogP contribution in [0, 0.1) is 0 Å². The first-order valence-corrected chi connectivity index (χ1v) is 11.1. The van der Waals surface area contributed by atoms with Gasteiger partial charge in [-0.25, -0.2) is 4.98 Å². The van der Waals surface area contributed by atoms with Gasteiger partial charge in [0.15, 0.2) is 11.5 Å². The largest absolute Gasteiger partial charge is 0.493 e. The summed E-state index contributed by atoms with van der Waals surface area (Å²) >= 11 is 0. The highest BCUT2D eigenvalue weighted by atomic mass is 16.5. The van der Waals surface area contributed by atoms with Crippen molar-refractivity contribution >= 4 is 16.8 Å². The smallest absolute Gasteiger partial charge is 0.252 e. The third kappa shape index (κ3) is 4.41. The van der Waals surface area contributed by atoms with Crippen molar-refractivity contribution in [3.8, 4) is 22.8 Å². The van der Waals surface area contributed by atoms with Gasteiger partial charge in [-0.3, -0.25) is 4.79 Å². The van der Waals surface area contributed by atoms with Crippen LogP contribution in [0.2, 0.25) is 0 Å². The zero-order valence-electron chi connectivity index (χ0n) is 19.3. The van der Waals surface area contributed by atoms with Crippen molar-refractivity contribution < 1.29 is 14.3 Å². The number of nitrogens with one attached hydrogen (secondary N) is 1. The minimum Gasteiger partial charge on any atom is -0.493 e. The lowest BCUT2D eigenvalue weighted by Gasteiger charge is -2.20. The average molecular weight is 434 g/mol. The van der Waals surface area contributed by atoms with Crippen LogP contribution in [0.3, 0.4) is 0 Å². The predicted octanol–water partition coefficient (Wildman–Crippen LogP) is 4.09. The van der Waals surface area contributed by atoms with Crippen LogP contribution in [0.4, 0.5) is 0 Å².